The van der Waals surface area contributed by atoms with Crippen molar-refractivity contribution in [3.63, 3.8) is 0 Å². The summed E-state index contributed by atoms with van der Waals surface area (Å²) in [6.45, 7) is 4.80. The molecule has 1 aliphatic carbocycles. The van der Waals surface area contributed by atoms with Crippen molar-refractivity contribution < 1.29 is 9.84 Å². The van der Waals surface area contributed by atoms with E-state index in [2.05, 4.69) is 15.2 Å². The van der Waals surface area contributed by atoms with Crippen LogP contribution in [0.3, 0.4) is 0 Å². The third kappa shape index (κ3) is 3.57. The molecule has 2 saturated heterocycles. The van der Waals surface area contributed by atoms with Gasteiger partial charge >= 0.3 is 0 Å². The van der Waals surface area contributed by atoms with Crippen LogP contribution in [-0.2, 0) is 4.74 Å². The van der Waals surface area contributed by atoms with E-state index in [9.17, 15) is 5.11 Å². The molecule has 0 aromatic carbocycles. The number of hydrogen-bond acceptors (Lipinski definition) is 3. The number of rotatable bonds is 2. The number of aliphatic hydroxyl groups excluding tert-OH is 1. The number of piperidine rings is 1. The molecule has 2 N–H and O–H groups in total. The Morgan fingerprint density at radius 2 is 2.18 bits per heavy atom. The molecule has 1 saturated carbocycles. The van der Waals surface area contributed by atoms with Crippen LogP contribution in [0.2, 0.25) is 0 Å². The van der Waals surface area contributed by atoms with Crippen LogP contribution in [0.15, 0.2) is 4.99 Å². The highest BCUT2D eigenvalue weighted by Crippen LogP contribution is 2.37. The molecule has 22 heavy (non-hydrogen) atoms. The summed E-state index contributed by atoms with van der Waals surface area (Å²) >= 11 is 0. The minimum Gasteiger partial charge on any atom is -0.393 e. The number of ether oxygens (including phenoxy) is 1. The van der Waals surface area contributed by atoms with E-state index in [1.165, 1.54) is 25.7 Å². The van der Waals surface area contributed by atoms with Gasteiger partial charge in [-0.05, 0) is 38.5 Å². The summed E-state index contributed by atoms with van der Waals surface area (Å²) in [5.41, 5.74) is 0.334. The van der Waals surface area contributed by atoms with E-state index in [0.717, 1.165) is 58.1 Å². The fourth-order valence-electron chi connectivity index (χ4n) is 4.43. The van der Waals surface area contributed by atoms with Gasteiger partial charge in [0.15, 0.2) is 5.96 Å². The van der Waals surface area contributed by atoms with Gasteiger partial charge in [-0.1, -0.05) is 6.42 Å². The van der Waals surface area contributed by atoms with Gasteiger partial charge < -0.3 is 20.1 Å². The molecular weight excluding hydrogens is 278 g/mol. The fourth-order valence-corrected chi connectivity index (χ4v) is 4.43. The van der Waals surface area contributed by atoms with Crippen molar-refractivity contribution >= 4 is 5.96 Å². The van der Waals surface area contributed by atoms with Crippen molar-refractivity contribution in [2.45, 2.75) is 51.0 Å². The lowest BCUT2D eigenvalue weighted by atomic mass is 9.76. The lowest BCUT2D eigenvalue weighted by molar-refractivity contribution is -0.0371. The van der Waals surface area contributed by atoms with E-state index in [-0.39, 0.29) is 6.10 Å². The summed E-state index contributed by atoms with van der Waals surface area (Å²) in [6, 6.07) is 0. The summed E-state index contributed by atoms with van der Waals surface area (Å²) in [6.07, 6.45) is 8.06. The van der Waals surface area contributed by atoms with E-state index in [0.29, 0.717) is 11.3 Å². The smallest absolute Gasteiger partial charge is 0.193 e. The first-order chi connectivity index (χ1) is 10.7. The summed E-state index contributed by atoms with van der Waals surface area (Å²) in [4.78, 5) is 6.89. The monoisotopic (exact) mass is 309 g/mol. The molecule has 5 nitrogen and oxygen atoms in total. The minimum atomic E-state index is -0.134. The Hall–Kier alpha value is -0.810. The van der Waals surface area contributed by atoms with Crippen LogP contribution in [0.4, 0.5) is 0 Å². The average molecular weight is 309 g/mol. The van der Waals surface area contributed by atoms with Crippen LogP contribution >= 0.6 is 0 Å². The van der Waals surface area contributed by atoms with Crippen molar-refractivity contribution in [2.75, 3.05) is 39.9 Å². The number of likely N-dealkylation sites (tertiary alicyclic amines) is 1. The van der Waals surface area contributed by atoms with Crippen LogP contribution in [0.5, 0.6) is 0 Å². The first kappa shape index (κ1) is 16.1. The topological polar surface area (TPSA) is 57.1 Å². The molecule has 3 atom stereocenters. The highest BCUT2D eigenvalue weighted by atomic mass is 16.5. The number of nitrogens with one attached hydrogen (secondary N) is 1. The zero-order valence-electron chi connectivity index (χ0n) is 13.9. The maximum atomic E-state index is 9.97. The Morgan fingerprint density at radius 3 is 2.86 bits per heavy atom. The number of aliphatic hydroxyl groups is 1. The summed E-state index contributed by atoms with van der Waals surface area (Å²) in [7, 11) is 1.87. The molecule has 0 aromatic heterocycles. The summed E-state index contributed by atoms with van der Waals surface area (Å²) < 4.78 is 5.76. The molecule has 2 heterocycles. The lowest BCUT2D eigenvalue weighted by Gasteiger charge is -2.45. The van der Waals surface area contributed by atoms with Gasteiger partial charge in [0.1, 0.15) is 0 Å². The number of guanidine groups is 1. The molecule has 1 spiro atoms. The van der Waals surface area contributed by atoms with Gasteiger partial charge in [0.25, 0.3) is 0 Å². The second-order valence-corrected chi connectivity index (χ2v) is 7.37. The zero-order chi connectivity index (χ0) is 15.4. The second kappa shape index (κ2) is 7.18. The maximum absolute atomic E-state index is 9.97. The van der Waals surface area contributed by atoms with Gasteiger partial charge in [-0.25, -0.2) is 0 Å². The number of nitrogens with zero attached hydrogens (tertiary/aromatic N) is 2. The SMILES string of the molecule is CN=C(NCC1CCCC1O)N1CCCC2(CCCOC2)C1. The molecule has 3 unspecified atom stereocenters. The van der Waals surface area contributed by atoms with Crippen LogP contribution in [-0.4, -0.2) is 62.0 Å². The Kier molecular flexibility index (Phi) is 5.24. The van der Waals surface area contributed by atoms with E-state index in [1.807, 2.05) is 7.05 Å². The highest BCUT2D eigenvalue weighted by molar-refractivity contribution is 5.80. The number of aliphatic imine (C=N–C) groups is 1. The Labute approximate surface area is 134 Å². The predicted octanol–water partition coefficient (Wildman–Crippen LogP) is 1.62. The minimum absolute atomic E-state index is 0.134. The van der Waals surface area contributed by atoms with Gasteiger partial charge in [-0.2, -0.15) is 0 Å². The van der Waals surface area contributed by atoms with Crippen LogP contribution < -0.4 is 5.32 Å². The molecule has 126 valence electrons. The van der Waals surface area contributed by atoms with Crippen molar-refractivity contribution in [2.24, 2.45) is 16.3 Å². The molecule has 3 fully saturated rings. The normalized spacial score (nSPS) is 36.8. The fraction of sp³-hybridized carbons (Fsp3) is 0.941. The van der Waals surface area contributed by atoms with Gasteiger partial charge in [0.2, 0.25) is 0 Å². The zero-order valence-corrected chi connectivity index (χ0v) is 13.9. The largest absolute Gasteiger partial charge is 0.393 e. The van der Waals surface area contributed by atoms with Crippen molar-refractivity contribution in [1.29, 1.82) is 0 Å². The summed E-state index contributed by atoms with van der Waals surface area (Å²) in [5, 5.41) is 13.5. The average Bonchev–Trinajstić information content (AvgIpc) is 2.94. The Balaban J connectivity index is 1.56. The molecule has 0 radical (unpaired) electrons. The highest BCUT2D eigenvalue weighted by Gasteiger charge is 2.38. The second-order valence-electron chi connectivity index (χ2n) is 7.37. The molecular formula is C17H31N3O2. The van der Waals surface area contributed by atoms with Crippen molar-refractivity contribution in [1.82, 2.24) is 10.2 Å². The molecule has 3 rings (SSSR count). The Bertz CT molecular complexity index is 388. The predicted molar refractivity (Wildman–Crippen MR) is 88.0 cm³/mol. The maximum Gasteiger partial charge on any atom is 0.193 e. The van der Waals surface area contributed by atoms with E-state index >= 15 is 0 Å². The van der Waals surface area contributed by atoms with E-state index in [1.54, 1.807) is 0 Å². The first-order valence-corrected chi connectivity index (χ1v) is 8.94. The van der Waals surface area contributed by atoms with Gasteiger partial charge in [0, 0.05) is 44.6 Å². The van der Waals surface area contributed by atoms with E-state index < -0.39 is 0 Å². The van der Waals surface area contributed by atoms with Crippen LogP contribution in [0.1, 0.15) is 44.9 Å². The van der Waals surface area contributed by atoms with Gasteiger partial charge in [0.05, 0.1) is 12.7 Å². The molecule has 0 aromatic rings. The molecule has 0 amide bonds. The van der Waals surface area contributed by atoms with Gasteiger partial charge in [-0.15, -0.1) is 0 Å². The lowest BCUT2D eigenvalue weighted by Crippen LogP contribution is -2.53. The Morgan fingerprint density at radius 1 is 1.32 bits per heavy atom. The molecule has 3 aliphatic rings. The standard InChI is InChI=1S/C17H31N3O2/c1-18-16(19-11-14-5-2-6-15(14)21)20-9-3-7-17(12-20)8-4-10-22-13-17/h14-15,21H,2-13H2,1H3,(H,18,19). The third-order valence-corrected chi connectivity index (χ3v) is 5.72. The van der Waals surface area contributed by atoms with Crippen LogP contribution in [0, 0.1) is 11.3 Å². The quantitative estimate of drug-likeness (QED) is 0.601. The van der Waals surface area contributed by atoms with Crippen molar-refractivity contribution in [3.05, 3.63) is 0 Å². The molecule has 5 heteroatoms. The third-order valence-electron chi connectivity index (χ3n) is 5.72. The van der Waals surface area contributed by atoms with Crippen LogP contribution in [0.25, 0.3) is 0 Å². The number of hydrogen-bond donors (Lipinski definition) is 2. The summed E-state index contributed by atoms with van der Waals surface area (Å²) in [5.74, 6) is 1.39. The van der Waals surface area contributed by atoms with Crippen molar-refractivity contribution in [3.8, 4) is 0 Å². The molecule has 0 bridgehead atoms. The first-order valence-electron chi connectivity index (χ1n) is 8.94. The van der Waals surface area contributed by atoms with Gasteiger partial charge in [-0.3, -0.25) is 4.99 Å². The van der Waals surface area contributed by atoms with E-state index in [4.69, 9.17) is 4.74 Å². The molecule has 2 aliphatic heterocycles.